The Labute approximate surface area is 141 Å². The molecular formula is C13H24N2O6S2. The van der Waals surface area contributed by atoms with Gasteiger partial charge in [0.2, 0.25) is 15.9 Å². The fourth-order valence-corrected chi connectivity index (χ4v) is 3.72. The molecule has 0 saturated carbocycles. The van der Waals surface area contributed by atoms with Crippen molar-refractivity contribution < 1.29 is 27.9 Å². The molecular weight excluding hydrogens is 344 g/mol. The highest BCUT2D eigenvalue weighted by molar-refractivity contribution is 7.99. The number of morpholine rings is 1. The van der Waals surface area contributed by atoms with Gasteiger partial charge >= 0.3 is 5.97 Å². The van der Waals surface area contributed by atoms with Gasteiger partial charge in [-0.25, -0.2) is 8.42 Å². The number of aliphatic carboxylic acids is 1. The molecule has 1 aliphatic rings. The SMILES string of the molecule is CCCSCC(=O)N1CCOC(CN(CC(=O)O)S(C)(=O)=O)C1. The number of hydrogen-bond donors (Lipinski definition) is 1. The molecule has 0 aromatic heterocycles. The summed E-state index contributed by atoms with van der Waals surface area (Å²) in [4.78, 5) is 24.6. The second-order valence-electron chi connectivity index (χ2n) is 5.33. The number of nitrogens with zero attached hydrogens (tertiary/aromatic N) is 2. The fraction of sp³-hybridized carbons (Fsp3) is 0.846. The van der Waals surface area contributed by atoms with E-state index in [9.17, 15) is 18.0 Å². The molecule has 134 valence electrons. The minimum atomic E-state index is -3.65. The van der Waals surface area contributed by atoms with Crippen LogP contribution in [-0.4, -0.2) is 91.3 Å². The van der Waals surface area contributed by atoms with Gasteiger partial charge in [0.05, 0.1) is 24.7 Å². The standard InChI is InChI=1S/C13H24N2O6S2/c1-3-6-22-10-12(16)14-4-5-21-11(7-14)8-15(9-13(17)18)23(2,19)20/h11H,3-10H2,1-2H3,(H,17,18). The zero-order valence-electron chi connectivity index (χ0n) is 13.4. The van der Waals surface area contributed by atoms with Crippen LogP contribution in [0.2, 0.25) is 0 Å². The van der Waals surface area contributed by atoms with Gasteiger partial charge in [0.15, 0.2) is 0 Å². The summed E-state index contributed by atoms with van der Waals surface area (Å²) in [5.74, 6) is 0.0851. The maximum Gasteiger partial charge on any atom is 0.318 e. The second-order valence-corrected chi connectivity index (χ2v) is 8.42. The average molecular weight is 368 g/mol. The molecule has 0 aliphatic carbocycles. The van der Waals surface area contributed by atoms with Crippen molar-refractivity contribution in [2.24, 2.45) is 0 Å². The predicted octanol–water partition coefficient (Wildman–Crippen LogP) is -0.297. The van der Waals surface area contributed by atoms with E-state index >= 15 is 0 Å². The molecule has 0 spiro atoms. The van der Waals surface area contributed by atoms with Crippen LogP contribution < -0.4 is 0 Å². The van der Waals surface area contributed by atoms with Gasteiger partial charge in [-0.3, -0.25) is 9.59 Å². The molecule has 0 aromatic carbocycles. The summed E-state index contributed by atoms with van der Waals surface area (Å²) in [6.07, 6.45) is 1.45. The number of carbonyl (C=O) groups is 2. The van der Waals surface area contributed by atoms with Crippen LogP contribution in [0.15, 0.2) is 0 Å². The molecule has 1 unspecified atom stereocenters. The molecule has 1 rings (SSSR count). The molecule has 1 N–H and O–H groups in total. The van der Waals surface area contributed by atoms with E-state index in [0.29, 0.717) is 18.9 Å². The fourth-order valence-electron chi connectivity index (χ4n) is 2.15. The van der Waals surface area contributed by atoms with Crippen molar-refractivity contribution in [3.8, 4) is 0 Å². The van der Waals surface area contributed by atoms with Crippen LogP contribution in [0, 0.1) is 0 Å². The summed E-state index contributed by atoms with van der Waals surface area (Å²) in [6, 6.07) is 0. The number of amides is 1. The number of hydrogen-bond acceptors (Lipinski definition) is 6. The van der Waals surface area contributed by atoms with Gasteiger partial charge in [-0.1, -0.05) is 6.92 Å². The molecule has 1 saturated heterocycles. The lowest BCUT2D eigenvalue weighted by atomic mass is 10.2. The van der Waals surface area contributed by atoms with Gasteiger partial charge in [0.1, 0.15) is 6.54 Å². The number of ether oxygens (including phenoxy) is 1. The Hall–Kier alpha value is -0.840. The van der Waals surface area contributed by atoms with Gasteiger partial charge in [-0.05, 0) is 12.2 Å². The molecule has 10 heteroatoms. The summed E-state index contributed by atoms with van der Waals surface area (Å²) in [6.45, 7) is 2.43. The van der Waals surface area contributed by atoms with Crippen LogP contribution in [0.25, 0.3) is 0 Å². The van der Waals surface area contributed by atoms with E-state index in [1.807, 2.05) is 6.92 Å². The van der Waals surface area contributed by atoms with E-state index in [0.717, 1.165) is 22.7 Å². The molecule has 23 heavy (non-hydrogen) atoms. The normalized spacial score (nSPS) is 19.1. The number of rotatable bonds is 9. The first-order chi connectivity index (χ1) is 10.7. The van der Waals surface area contributed by atoms with Gasteiger partial charge in [0, 0.05) is 19.6 Å². The molecule has 0 bridgehead atoms. The quantitative estimate of drug-likeness (QED) is 0.557. The third kappa shape index (κ3) is 7.51. The predicted molar refractivity (Wildman–Crippen MR) is 88.0 cm³/mol. The van der Waals surface area contributed by atoms with E-state index in [-0.39, 0.29) is 19.0 Å². The number of carboxylic acid groups (broad SMARTS) is 1. The lowest BCUT2D eigenvalue weighted by Crippen LogP contribution is -2.51. The Morgan fingerprint density at radius 1 is 1.43 bits per heavy atom. The molecule has 1 heterocycles. The van der Waals surface area contributed by atoms with Crippen molar-refractivity contribution in [2.45, 2.75) is 19.4 Å². The smallest absolute Gasteiger partial charge is 0.318 e. The largest absolute Gasteiger partial charge is 0.480 e. The summed E-state index contributed by atoms with van der Waals surface area (Å²) in [5, 5.41) is 8.82. The first-order valence-electron chi connectivity index (χ1n) is 7.38. The van der Waals surface area contributed by atoms with E-state index in [2.05, 4.69) is 0 Å². The maximum atomic E-state index is 12.1. The average Bonchev–Trinajstić information content (AvgIpc) is 2.45. The van der Waals surface area contributed by atoms with Crippen LogP contribution in [0.3, 0.4) is 0 Å². The minimum Gasteiger partial charge on any atom is -0.480 e. The summed E-state index contributed by atoms with van der Waals surface area (Å²) < 4.78 is 29.7. The number of carboxylic acids is 1. The number of sulfonamides is 1. The highest BCUT2D eigenvalue weighted by Crippen LogP contribution is 2.12. The third-order valence-electron chi connectivity index (χ3n) is 3.25. The third-order valence-corrected chi connectivity index (χ3v) is 5.62. The van der Waals surface area contributed by atoms with Crippen LogP contribution in [0.4, 0.5) is 0 Å². The van der Waals surface area contributed by atoms with Crippen LogP contribution in [0.5, 0.6) is 0 Å². The van der Waals surface area contributed by atoms with E-state index in [4.69, 9.17) is 9.84 Å². The van der Waals surface area contributed by atoms with Crippen LogP contribution >= 0.6 is 11.8 Å². The minimum absolute atomic E-state index is 0.000824. The Bertz CT molecular complexity index is 511. The summed E-state index contributed by atoms with van der Waals surface area (Å²) in [5.41, 5.74) is 0. The van der Waals surface area contributed by atoms with Crippen molar-refractivity contribution in [3.05, 3.63) is 0 Å². The van der Waals surface area contributed by atoms with E-state index < -0.39 is 28.6 Å². The lowest BCUT2D eigenvalue weighted by Gasteiger charge is -2.34. The van der Waals surface area contributed by atoms with Crippen molar-refractivity contribution in [1.82, 2.24) is 9.21 Å². The van der Waals surface area contributed by atoms with Gasteiger partial charge in [0.25, 0.3) is 0 Å². The molecule has 1 aliphatic heterocycles. The van der Waals surface area contributed by atoms with Crippen molar-refractivity contribution >= 4 is 33.7 Å². The molecule has 0 aromatic rings. The zero-order valence-corrected chi connectivity index (χ0v) is 15.1. The van der Waals surface area contributed by atoms with Crippen LogP contribution in [-0.2, 0) is 24.3 Å². The first-order valence-corrected chi connectivity index (χ1v) is 10.4. The molecule has 0 radical (unpaired) electrons. The molecule has 8 nitrogen and oxygen atoms in total. The van der Waals surface area contributed by atoms with E-state index in [1.165, 1.54) is 0 Å². The first kappa shape index (κ1) is 20.2. The van der Waals surface area contributed by atoms with Gasteiger partial charge < -0.3 is 14.7 Å². The van der Waals surface area contributed by atoms with Crippen molar-refractivity contribution in [3.63, 3.8) is 0 Å². The van der Waals surface area contributed by atoms with Crippen molar-refractivity contribution in [2.75, 3.05) is 50.5 Å². The highest BCUT2D eigenvalue weighted by Gasteiger charge is 2.29. The van der Waals surface area contributed by atoms with Crippen LogP contribution in [0.1, 0.15) is 13.3 Å². The monoisotopic (exact) mass is 368 g/mol. The molecule has 1 atom stereocenters. The Morgan fingerprint density at radius 3 is 2.70 bits per heavy atom. The van der Waals surface area contributed by atoms with Gasteiger partial charge in [-0.15, -0.1) is 0 Å². The number of thioether (sulfide) groups is 1. The zero-order chi connectivity index (χ0) is 17.5. The maximum absolute atomic E-state index is 12.1. The Morgan fingerprint density at radius 2 is 2.13 bits per heavy atom. The lowest BCUT2D eigenvalue weighted by molar-refractivity contribution is -0.139. The second kappa shape index (κ2) is 9.45. The van der Waals surface area contributed by atoms with E-state index in [1.54, 1.807) is 16.7 Å². The number of carbonyl (C=O) groups excluding carboxylic acids is 1. The summed E-state index contributed by atoms with van der Waals surface area (Å²) >= 11 is 1.57. The Kier molecular flexibility index (Phi) is 8.31. The molecule has 1 amide bonds. The highest BCUT2D eigenvalue weighted by atomic mass is 32.2. The van der Waals surface area contributed by atoms with Crippen molar-refractivity contribution in [1.29, 1.82) is 0 Å². The summed E-state index contributed by atoms with van der Waals surface area (Å²) in [7, 11) is -3.65. The topological polar surface area (TPSA) is 104 Å². The Balaban J connectivity index is 2.59. The molecule has 1 fully saturated rings. The van der Waals surface area contributed by atoms with Gasteiger partial charge in [-0.2, -0.15) is 16.1 Å².